The molecule has 0 saturated carbocycles. The van der Waals surface area contributed by atoms with E-state index in [1.54, 1.807) is 16.7 Å². The molecular weight excluding hydrogens is 226 g/mol. The molecule has 0 radical (unpaired) electrons. The van der Waals surface area contributed by atoms with Gasteiger partial charge in [-0.15, -0.1) is 0 Å². The van der Waals surface area contributed by atoms with Gasteiger partial charge in [0.05, 0.1) is 11.0 Å². The van der Waals surface area contributed by atoms with Crippen molar-refractivity contribution in [3.8, 4) is 0 Å². The molecule has 0 spiro atoms. The normalized spacial score (nSPS) is 10.9. The van der Waals surface area contributed by atoms with Gasteiger partial charge in [0, 0.05) is 23.3 Å². The molecule has 3 aromatic rings. The topological polar surface area (TPSA) is 39.1 Å². The van der Waals surface area contributed by atoms with E-state index in [0.717, 1.165) is 28.1 Å². The fourth-order valence-corrected chi connectivity index (χ4v) is 2.40. The van der Waals surface area contributed by atoms with Crippen LogP contribution >= 0.6 is 0 Å². The summed E-state index contributed by atoms with van der Waals surface area (Å²) in [5, 5.41) is 2.02. The van der Waals surface area contributed by atoms with Gasteiger partial charge in [-0.1, -0.05) is 30.3 Å². The summed E-state index contributed by atoms with van der Waals surface area (Å²) in [6.07, 6.45) is 0.793. The Morgan fingerprint density at radius 2 is 1.78 bits per heavy atom. The zero-order chi connectivity index (χ0) is 12.7. The fourth-order valence-electron chi connectivity index (χ4n) is 2.40. The zero-order valence-corrected chi connectivity index (χ0v) is 9.88. The molecular formula is C15H11NO2. The molecule has 3 rings (SSSR count). The number of carbonyl (C=O) groups excluding carboxylic acids is 2. The van der Waals surface area contributed by atoms with Crippen molar-refractivity contribution in [2.75, 3.05) is 0 Å². The minimum atomic E-state index is -0.0516. The molecule has 1 aromatic heterocycles. The van der Waals surface area contributed by atoms with Crippen molar-refractivity contribution in [3.63, 3.8) is 0 Å². The van der Waals surface area contributed by atoms with Crippen LogP contribution in [0.5, 0.6) is 0 Å². The van der Waals surface area contributed by atoms with E-state index in [1.165, 1.54) is 6.92 Å². The van der Waals surface area contributed by atoms with Crippen LogP contribution in [0.2, 0.25) is 0 Å². The Kier molecular flexibility index (Phi) is 2.27. The number of hydrogen-bond acceptors (Lipinski definition) is 2. The molecule has 0 aliphatic carbocycles. The van der Waals surface area contributed by atoms with Crippen LogP contribution < -0.4 is 0 Å². The number of hydrogen-bond donors (Lipinski definition) is 0. The van der Waals surface area contributed by atoms with Gasteiger partial charge in [-0.3, -0.25) is 14.2 Å². The molecule has 3 heteroatoms. The summed E-state index contributed by atoms with van der Waals surface area (Å²) in [6.45, 7) is 1.53. The lowest BCUT2D eigenvalue weighted by Gasteiger charge is -2.01. The number of para-hydroxylation sites is 1. The Morgan fingerprint density at radius 3 is 2.50 bits per heavy atom. The van der Waals surface area contributed by atoms with Gasteiger partial charge in [-0.05, 0) is 12.1 Å². The molecule has 0 unspecified atom stereocenters. The van der Waals surface area contributed by atoms with Gasteiger partial charge < -0.3 is 0 Å². The second-order valence-corrected chi connectivity index (χ2v) is 4.27. The lowest BCUT2D eigenvalue weighted by molar-refractivity contribution is 0.0945. The summed E-state index contributed by atoms with van der Waals surface area (Å²) in [5.41, 5.74) is 2.24. The van der Waals surface area contributed by atoms with E-state index >= 15 is 0 Å². The Bertz CT molecular complexity index is 784. The monoisotopic (exact) mass is 237 g/mol. The van der Waals surface area contributed by atoms with Crippen molar-refractivity contribution in [1.82, 2.24) is 4.57 Å². The first-order valence-electron chi connectivity index (χ1n) is 5.71. The summed E-state index contributed by atoms with van der Waals surface area (Å²) in [4.78, 5) is 22.7. The van der Waals surface area contributed by atoms with Crippen LogP contribution in [0, 0.1) is 0 Å². The summed E-state index contributed by atoms with van der Waals surface area (Å²) in [6, 6.07) is 13.2. The standard InChI is InChI=1S/C15H11NO2/c1-10(18)16-14-5-3-2-4-12(14)13-7-6-11(9-17)8-15(13)16/h2-9H,1H3. The minimum absolute atomic E-state index is 0.0516. The van der Waals surface area contributed by atoms with E-state index in [-0.39, 0.29) is 5.91 Å². The van der Waals surface area contributed by atoms with Crippen LogP contribution in [0.3, 0.4) is 0 Å². The third-order valence-electron chi connectivity index (χ3n) is 3.15. The van der Waals surface area contributed by atoms with Gasteiger partial charge in [0.2, 0.25) is 5.91 Å². The number of aldehydes is 1. The van der Waals surface area contributed by atoms with E-state index in [4.69, 9.17) is 0 Å². The molecule has 0 saturated heterocycles. The molecule has 2 aromatic carbocycles. The highest BCUT2D eigenvalue weighted by molar-refractivity contribution is 6.13. The van der Waals surface area contributed by atoms with Gasteiger partial charge in [-0.2, -0.15) is 0 Å². The van der Waals surface area contributed by atoms with Gasteiger partial charge in [0.1, 0.15) is 6.29 Å². The molecule has 0 aliphatic rings. The van der Waals surface area contributed by atoms with Crippen LogP contribution in [0.1, 0.15) is 22.1 Å². The first-order chi connectivity index (χ1) is 8.72. The van der Waals surface area contributed by atoms with Crippen molar-refractivity contribution in [2.45, 2.75) is 6.92 Å². The second-order valence-electron chi connectivity index (χ2n) is 4.27. The number of carbonyl (C=O) groups is 2. The summed E-state index contributed by atoms with van der Waals surface area (Å²) in [7, 11) is 0. The van der Waals surface area contributed by atoms with Crippen molar-refractivity contribution >= 4 is 34.0 Å². The van der Waals surface area contributed by atoms with Crippen LogP contribution in [0.25, 0.3) is 21.8 Å². The Labute approximate surface area is 104 Å². The van der Waals surface area contributed by atoms with E-state index in [0.29, 0.717) is 5.56 Å². The molecule has 0 N–H and O–H groups in total. The molecule has 1 heterocycles. The second kappa shape index (κ2) is 3.81. The average Bonchev–Trinajstić information content (AvgIpc) is 2.72. The Balaban J connectivity index is 2.58. The highest BCUT2D eigenvalue weighted by Crippen LogP contribution is 2.29. The van der Waals surface area contributed by atoms with Crippen molar-refractivity contribution in [3.05, 3.63) is 48.0 Å². The molecule has 0 amide bonds. The maximum Gasteiger partial charge on any atom is 0.228 e. The molecule has 0 fully saturated rings. The smallest absolute Gasteiger partial charge is 0.228 e. The molecule has 0 aliphatic heterocycles. The molecule has 88 valence electrons. The highest BCUT2D eigenvalue weighted by Gasteiger charge is 2.12. The first kappa shape index (κ1) is 10.7. The average molecular weight is 237 g/mol. The van der Waals surface area contributed by atoms with Crippen molar-refractivity contribution in [2.24, 2.45) is 0 Å². The molecule has 3 nitrogen and oxygen atoms in total. The number of fused-ring (bicyclic) bond motifs is 3. The number of aromatic nitrogens is 1. The minimum Gasteiger partial charge on any atom is -0.298 e. The van der Waals surface area contributed by atoms with E-state index in [2.05, 4.69) is 0 Å². The predicted molar refractivity (Wildman–Crippen MR) is 71.1 cm³/mol. The summed E-state index contributed by atoms with van der Waals surface area (Å²) >= 11 is 0. The quantitative estimate of drug-likeness (QED) is 0.609. The van der Waals surface area contributed by atoms with E-state index in [9.17, 15) is 9.59 Å². The van der Waals surface area contributed by atoms with Crippen LogP contribution in [-0.2, 0) is 0 Å². The third kappa shape index (κ3) is 1.37. The number of rotatable bonds is 1. The van der Waals surface area contributed by atoms with Gasteiger partial charge in [0.25, 0.3) is 0 Å². The third-order valence-corrected chi connectivity index (χ3v) is 3.15. The lowest BCUT2D eigenvalue weighted by Crippen LogP contribution is -2.04. The largest absolute Gasteiger partial charge is 0.298 e. The SMILES string of the molecule is CC(=O)n1c2ccccc2c2ccc(C=O)cc21. The Hall–Kier alpha value is -2.42. The van der Waals surface area contributed by atoms with Gasteiger partial charge in [0.15, 0.2) is 0 Å². The van der Waals surface area contributed by atoms with E-state index in [1.807, 2.05) is 30.3 Å². The van der Waals surface area contributed by atoms with Crippen LogP contribution in [0.15, 0.2) is 42.5 Å². The van der Waals surface area contributed by atoms with E-state index < -0.39 is 0 Å². The van der Waals surface area contributed by atoms with Gasteiger partial charge >= 0.3 is 0 Å². The molecule has 0 atom stereocenters. The summed E-state index contributed by atoms with van der Waals surface area (Å²) < 4.78 is 1.65. The zero-order valence-electron chi connectivity index (χ0n) is 9.88. The maximum absolute atomic E-state index is 11.8. The fraction of sp³-hybridized carbons (Fsp3) is 0.0667. The van der Waals surface area contributed by atoms with Crippen molar-refractivity contribution < 1.29 is 9.59 Å². The Morgan fingerprint density at radius 1 is 1.06 bits per heavy atom. The predicted octanol–water partition coefficient (Wildman–Crippen LogP) is 3.27. The maximum atomic E-state index is 11.8. The number of nitrogens with zero attached hydrogens (tertiary/aromatic N) is 1. The van der Waals surface area contributed by atoms with Gasteiger partial charge in [-0.25, -0.2) is 0 Å². The van der Waals surface area contributed by atoms with Crippen LogP contribution in [0.4, 0.5) is 0 Å². The lowest BCUT2D eigenvalue weighted by atomic mass is 10.1. The number of benzene rings is 2. The first-order valence-corrected chi connectivity index (χ1v) is 5.71. The van der Waals surface area contributed by atoms with Crippen LogP contribution in [-0.4, -0.2) is 16.8 Å². The summed E-state index contributed by atoms with van der Waals surface area (Å²) in [5.74, 6) is -0.0516. The molecule has 18 heavy (non-hydrogen) atoms. The highest BCUT2D eigenvalue weighted by atomic mass is 16.1. The van der Waals surface area contributed by atoms with Crippen molar-refractivity contribution in [1.29, 1.82) is 0 Å². The molecule has 0 bridgehead atoms.